The van der Waals surface area contributed by atoms with E-state index < -0.39 is 6.04 Å². The van der Waals surface area contributed by atoms with Crippen LogP contribution in [0.2, 0.25) is 5.02 Å². The fourth-order valence-corrected chi connectivity index (χ4v) is 5.51. The van der Waals surface area contributed by atoms with Crippen LogP contribution in [0.3, 0.4) is 0 Å². The molecule has 8 nitrogen and oxygen atoms in total. The number of aryl methyl sites for hydroxylation is 1. The normalized spacial score (nSPS) is 14.1. The van der Waals surface area contributed by atoms with Crippen LogP contribution in [0.1, 0.15) is 40.8 Å². The number of carbonyl (C=O) groups excluding carboxylic acids is 1. The predicted molar refractivity (Wildman–Crippen MR) is 163 cm³/mol. The number of nitrogens with zero attached hydrogens (tertiary/aromatic N) is 5. The highest BCUT2D eigenvalue weighted by Gasteiger charge is 2.30. The highest BCUT2D eigenvalue weighted by Crippen LogP contribution is 2.34. The van der Waals surface area contributed by atoms with E-state index in [-0.39, 0.29) is 12.3 Å². The average Bonchev–Trinajstić information content (AvgIpc) is 3.30. The molecule has 1 N–H and O–H groups in total. The summed E-state index contributed by atoms with van der Waals surface area (Å²) >= 11 is 9.62. The van der Waals surface area contributed by atoms with Gasteiger partial charge in [0.05, 0.1) is 30.4 Å². The van der Waals surface area contributed by atoms with Crippen molar-refractivity contribution in [2.24, 2.45) is 4.99 Å². The number of fused-ring (bicyclic) bond motifs is 4. The largest absolute Gasteiger partial charge is 0.497 e. The number of ether oxygens (including phenoxy) is 1. The number of halogens is 2. The fourth-order valence-electron chi connectivity index (χ4n) is 5.06. The molecule has 0 fully saturated rings. The molecule has 0 radical (unpaired) electrons. The number of hydrogen-bond donors (Lipinski definition) is 1. The first-order valence-electron chi connectivity index (χ1n) is 13.2. The number of hydrogen-bond acceptors (Lipinski definition) is 6. The second-order valence-corrected chi connectivity index (χ2v) is 11.0. The van der Waals surface area contributed by atoms with Crippen LogP contribution in [-0.4, -0.2) is 45.0 Å². The first-order valence-corrected chi connectivity index (χ1v) is 14.3. The van der Waals surface area contributed by atoms with Gasteiger partial charge in [-0.15, -0.1) is 10.2 Å². The lowest BCUT2D eigenvalue weighted by Crippen LogP contribution is -2.27. The van der Waals surface area contributed by atoms with Crippen LogP contribution in [-0.2, 0) is 11.2 Å². The van der Waals surface area contributed by atoms with Crippen LogP contribution in [0.25, 0.3) is 16.6 Å². The molecule has 0 unspecified atom stereocenters. The smallest absolute Gasteiger partial charge is 0.222 e. The van der Waals surface area contributed by atoms with Crippen LogP contribution in [0.15, 0.2) is 82.4 Å². The minimum Gasteiger partial charge on any atom is -0.497 e. The fraction of sp³-hybridized carbons (Fsp3) is 0.194. The summed E-state index contributed by atoms with van der Waals surface area (Å²) in [6.45, 7) is 2.38. The molecule has 1 atom stereocenters. The van der Waals surface area contributed by atoms with Gasteiger partial charge in [-0.2, -0.15) is 0 Å². The number of aliphatic imine (C=N–C) groups is 1. The van der Waals surface area contributed by atoms with Crippen LogP contribution >= 0.6 is 27.5 Å². The van der Waals surface area contributed by atoms with Gasteiger partial charge in [-0.1, -0.05) is 41.9 Å². The lowest BCUT2D eigenvalue weighted by molar-refractivity contribution is -0.121. The maximum absolute atomic E-state index is 13.3. The Labute approximate surface area is 250 Å². The summed E-state index contributed by atoms with van der Waals surface area (Å²) in [5.74, 6) is 1.90. The molecule has 3 heterocycles. The van der Waals surface area contributed by atoms with Crippen molar-refractivity contribution >= 4 is 50.1 Å². The molecule has 0 spiro atoms. The summed E-state index contributed by atoms with van der Waals surface area (Å²) in [6.07, 6.45) is 0.799. The second-order valence-electron chi connectivity index (χ2n) is 9.79. The van der Waals surface area contributed by atoms with Gasteiger partial charge in [0.1, 0.15) is 22.2 Å². The number of amides is 1. The SMILES string of the molecule is COc1ccc2c(c1)C(c1ccc(Cl)cc1)=N[C@@H](CC(=O)NCCc1ccc3ccc(Br)nc3c1)c1nnc(C)n1-2. The Balaban J connectivity index is 1.28. The number of pyridine rings is 1. The second kappa shape index (κ2) is 11.4. The van der Waals surface area contributed by atoms with E-state index in [1.807, 2.05) is 72.2 Å². The van der Waals surface area contributed by atoms with Crippen LogP contribution in [0.5, 0.6) is 5.75 Å². The number of nitrogens with one attached hydrogen (secondary N) is 1. The third kappa shape index (κ3) is 5.60. The van der Waals surface area contributed by atoms with E-state index in [2.05, 4.69) is 48.6 Å². The van der Waals surface area contributed by atoms with Gasteiger partial charge in [0.15, 0.2) is 5.82 Å². The molecule has 5 aromatic rings. The van der Waals surface area contributed by atoms with E-state index in [9.17, 15) is 4.79 Å². The lowest BCUT2D eigenvalue weighted by Gasteiger charge is -2.14. The Bertz CT molecular complexity index is 1800. The van der Waals surface area contributed by atoms with Gasteiger partial charge in [0, 0.05) is 28.1 Å². The molecular formula is C31H26BrClN6O2. The number of benzene rings is 3. The first-order chi connectivity index (χ1) is 19.9. The first kappa shape index (κ1) is 27.1. The standard InChI is InChI=1S/C31H26BrClN6O2/c1-18-37-38-31-26(17-29(40)34-14-13-19-3-4-20-7-12-28(32)35-25(20)15-19)36-30(21-5-8-22(33)9-6-21)24-16-23(41-2)10-11-27(24)39(18)31/h3-12,15-16,26H,13-14,17H2,1-2H3,(H,34,40)/t26-/m0/s1. The van der Waals surface area contributed by atoms with Crippen molar-refractivity contribution in [2.75, 3.05) is 13.7 Å². The highest BCUT2D eigenvalue weighted by molar-refractivity contribution is 9.10. The van der Waals surface area contributed by atoms with E-state index >= 15 is 0 Å². The minimum atomic E-state index is -0.553. The van der Waals surface area contributed by atoms with Gasteiger partial charge >= 0.3 is 0 Å². The summed E-state index contributed by atoms with van der Waals surface area (Å²) in [5.41, 5.74) is 5.35. The quantitative estimate of drug-likeness (QED) is 0.217. The Kier molecular flexibility index (Phi) is 7.55. The van der Waals surface area contributed by atoms with Gasteiger partial charge in [0.2, 0.25) is 5.91 Å². The average molecular weight is 630 g/mol. The van der Waals surface area contributed by atoms with Gasteiger partial charge in [-0.05, 0) is 77.3 Å². The predicted octanol–water partition coefficient (Wildman–Crippen LogP) is 6.19. The number of rotatable bonds is 7. The zero-order valence-corrected chi connectivity index (χ0v) is 24.8. The third-order valence-electron chi connectivity index (χ3n) is 7.09. The zero-order valence-electron chi connectivity index (χ0n) is 22.4. The van der Waals surface area contributed by atoms with E-state index in [0.717, 1.165) is 43.6 Å². The van der Waals surface area contributed by atoms with Crippen molar-refractivity contribution < 1.29 is 9.53 Å². The molecular weight excluding hydrogens is 604 g/mol. The molecule has 206 valence electrons. The summed E-state index contributed by atoms with van der Waals surface area (Å²) in [7, 11) is 1.63. The molecule has 0 aliphatic carbocycles. The van der Waals surface area contributed by atoms with E-state index in [1.54, 1.807) is 7.11 Å². The number of carbonyl (C=O) groups is 1. The highest BCUT2D eigenvalue weighted by atomic mass is 79.9. The van der Waals surface area contributed by atoms with E-state index in [4.69, 9.17) is 21.3 Å². The topological polar surface area (TPSA) is 94.3 Å². The molecule has 2 aromatic heterocycles. The molecule has 1 aliphatic rings. The van der Waals surface area contributed by atoms with Crippen molar-refractivity contribution in [1.29, 1.82) is 0 Å². The summed E-state index contributed by atoms with van der Waals surface area (Å²) in [4.78, 5) is 22.9. The third-order valence-corrected chi connectivity index (χ3v) is 7.78. The Morgan fingerprint density at radius 3 is 2.66 bits per heavy atom. The Morgan fingerprint density at radius 1 is 1.05 bits per heavy atom. The summed E-state index contributed by atoms with van der Waals surface area (Å²) in [6, 6.07) is 22.9. The molecule has 0 saturated heterocycles. The molecule has 41 heavy (non-hydrogen) atoms. The Hall–Kier alpha value is -4.08. The number of methoxy groups -OCH3 is 1. The number of aromatic nitrogens is 4. The van der Waals surface area contributed by atoms with Gasteiger partial charge in [0.25, 0.3) is 0 Å². The zero-order chi connectivity index (χ0) is 28.5. The van der Waals surface area contributed by atoms with Crippen LogP contribution in [0, 0.1) is 6.92 Å². The van der Waals surface area contributed by atoms with Crippen LogP contribution < -0.4 is 10.1 Å². The maximum Gasteiger partial charge on any atom is 0.222 e. The van der Waals surface area contributed by atoms with Gasteiger partial charge < -0.3 is 10.1 Å². The van der Waals surface area contributed by atoms with Gasteiger partial charge in [-0.3, -0.25) is 14.4 Å². The van der Waals surface area contributed by atoms with E-state index in [0.29, 0.717) is 35.4 Å². The van der Waals surface area contributed by atoms with Crippen molar-refractivity contribution in [3.05, 3.63) is 111 Å². The molecule has 6 rings (SSSR count). The van der Waals surface area contributed by atoms with Crippen molar-refractivity contribution in [1.82, 2.24) is 25.1 Å². The molecule has 1 amide bonds. The summed E-state index contributed by atoms with van der Waals surface area (Å²) < 4.78 is 8.30. The summed E-state index contributed by atoms with van der Waals surface area (Å²) in [5, 5.41) is 13.6. The lowest BCUT2D eigenvalue weighted by atomic mass is 10.00. The maximum atomic E-state index is 13.3. The van der Waals surface area contributed by atoms with Crippen molar-refractivity contribution in [3.63, 3.8) is 0 Å². The van der Waals surface area contributed by atoms with Gasteiger partial charge in [-0.25, -0.2) is 4.98 Å². The molecule has 10 heteroatoms. The molecule has 0 saturated carbocycles. The Morgan fingerprint density at radius 2 is 1.85 bits per heavy atom. The van der Waals surface area contributed by atoms with Crippen LogP contribution in [0.4, 0.5) is 0 Å². The molecule has 3 aromatic carbocycles. The molecule has 1 aliphatic heterocycles. The van der Waals surface area contributed by atoms with Crippen molar-refractivity contribution in [2.45, 2.75) is 25.8 Å². The van der Waals surface area contributed by atoms with Crippen molar-refractivity contribution in [3.8, 4) is 11.4 Å². The molecule has 0 bridgehead atoms. The monoisotopic (exact) mass is 628 g/mol. The van der Waals surface area contributed by atoms with E-state index in [1.165, 1.54) is 0 Å². The minimum absolute atomic E-state index is 0.118.